The molecule has 0 radical (unpaired) electrons. The molecule has 3 aromatic rings. The van der Waals surface area contributed by atoms with Crippen molar-refractivity contribution in [2.45, 2.75) is 58.9 Å². The first-order chi connectivity index (χ1) is 16.2. The molecule has 0 N–H and O–H groups in total. The van der Waals surface area contributed by atoms with Crippen LogP contribution in [0.4, 0.5) is 0 Å². The number of hydrogen-bond acceptors (Lipinski definition) is 4. The van der Waals surface area contributed by atoms with Crippen LogP contribution in [0.25, 0.3) is 0 Å². The fraction of sp³-hybridized carbons (Fsp3) is 0.333. The van der Waals surface area contributed by atoms with Crippen LogP contribution in [-0.4, -0.2) is 33.3 Å². The van der Waals surface area contributed by atoms with Crippen molar-refractivity contribution in [2.75, 3.05) is 0 Å². The minimum absolute atomic E-state index is 1.19. The Bertz CT molecular complexity index is 886. The minimum atomic E-state index is -2.72. The van der Waals surface area contributed by atoms with Gasteiger partial charge in [0.1, 0.15) is 0 Å². The van der Waals surface area contributed by atoms with E-state index in [2.05, 4.69) is 132 Å². The van der Waals surface area contributed by atoms with Crippen molar-refractivity contribution in [3.05, 3.63) is 91.0 Å². The lowest BCUT2D eigenvalue weighted by Crippen LogP contribution is -2.69. The molecule has 3 aromatic carbocycles. The Kier molecular flexibility index (Phi) is 10.6. The molecule has 0 fully saturated rings. The molecule has 8 heteroatoms. The molecule has 0 aliphatic carbocycles. The highest BCUT2D eigenvalue weighted by Crippen LogP contribution is 2.14. The summed E-state index contributed by atoms with van der Waals surface area (Å²) in [6.07, 6.45) is 0. The third kappa shape index (κ3) is 10.1. The van der Waals surface area contributed by atoms with Crippen molar-refractivity contribution in [1.82, 2.24) is 0 Å². The molecule has 0 spiro atoms. The molecule has 0 aromatic heterocycles. The Labute approximate surface area is 216 Å². The Morgan fingerprint density at radius 2 is 0.571 bits per heavy atom. The zero-order valence-electron chi connectivity index (χ0n) is 22.8. The lowest BCUT2D eigenvalue weighted by molar-refractivity contribution is -0.122. The summed E-state index contributed by atoms with van der Waals surface area (Å²) in [7, 11) is -7.48. The van der Waals surface area contributed by atoms with E-state index in [1.807, 2.05) is 18.2 Å². The molecule has 0 amide bonds. The second kappa shape index (κ2) is 12.6. The standard InChI is InChI=1S/C21H24O2Si2.C6H18O2Si2/c1-24(2,3)22-23-25(19-13-7-4-8-14-19,20-15-9-5-10-16-20)21-17-11-6-12-18-21;1-9(2,3)7-8-10(4,5)6/h4-18H,1-3H3;1-6H3. The monoisotopic (exact) mass is 542 g/mol. The van der Waals surface area contributed by atoms with Crippen LogP contribution in [0.1, 0.15) is 0 Å². The van der Waals surface area contributed by atoms with Gasteiger partial charge < -0.3 is 0 Å². The summed E-state index contributed by atoms with van der Waals surface area (Å²) in [6.45, 7) is 19.1. The van der Waals surface area contributed by atoms with Crippen molar-refractivity contribution in [2.24, 2.45) is 0 Å². The maximum absolute atomic E-state index is 6.45. The zero-order chi connectivity index (χ0) is 26.2. The second-order valence-corrected chi connectivity index (χ2v) is 27.9. The van der Waals surface area contributed by atoms with Crippen molar-refractivity contribution >= 4 is 48.8 Å². The molecule has 3 rings (SSSR count). The van der Waals surface area contributed by atoms with E-state index in [0.717, 1.165) is 0 Å². The summed E-state index contributed by atoms with van der Waals surface area (Å²) >= 11 is 0. The first-order valence-corrected chi connectivity index (χ1v) is 24.3. The molecule has 4 nitrogen and oxygen atoms in total. The van der Waals surface area contributed by atoms with Crippen LogP contribution in [-0.2, 0) is 18.3 Å². The van der Waals surface area contributed by atoms with Gasteiger partial charge in [-0.3, -0.25) is 18.3 Å². The summed E-state index contributed by atoms with van der Waals surface area (Å²) in [5.41, 5.74) is 0. The van der Waals surface area contributed by atoms with E-state index in [1.165, 1.54) is 15.6 Å². The normalized spacial score (nSPS) is 12.6. The van der Waals surface area contributed by atoms with Crippen LogP contribution in [0.3, 0.4) is 0 Å². The van der Waals surface area contributed by atoms with Gasteiger partial charge in [-0.25, -0.2) is 0 Å². The van der Waals surface area contributed by atoms with Gasteiger partial charge in [0.25, 0.3) is 0 Å². The third-order valence-corrected chi connectivity index (χ3v) is 10.4. The lowest BCUT2D eigenvalue weighted by atomic mass is 10.3. The van der Waals surface area contributed by atoms with Gasteiger partial charge >= 0.3 is 8.32 Å². The highest BCUT2D eigenvalue weighted by molar-refractivity contribution is 7.07. The minimum Gasteiger partial charge on any atom is -0.298 e. The smallest absolute Gasteiger partial charge is 0.298 e. The Morgan fingerprint density at radius 3 is 0.800 bits per heavy atom. The molecule has 0 saturated carbocycles. The summed E-state index contributed by atoms with van der Waals surface area (Å²) in [5, 5.41) is 3.56. The summed E-state index contributed by atoms with van der Waals surface area (Å²) in [6, 6.07) is 31.5. The molecule has 0 bridgehead atoms. The van der Waals surface area contributed by atoms with Crippen LogP contribution in [0.2, 0.25) is 58.9 Å². The average molecular weight is 543 g/mol. The fourth-order valence-corrected chi connectivity index (χ4v) is 9.87. The largest absolute Gasteiger partial charge is 0.329 e. The molecule has 0 aliphatic rings. The summed E-state index contributed by atoms with van der Waals surface area (Å²) in [5.74, 6) is 0. The van der Waals surface area contributed by atoms with E-state index >= 15 is 0 Å². The first kappa shape index (κ1) is 29.6. The van der Waals surface area contributed by atoms with Crippen LogP contribution < -0.4 is 15.6 Å². The van der Waals surface area contributed by atoms with Gasteiger partial charge in [0.2, 0.25) is 25.0 Å². The van der Waals surface area contributed by atoms with E-state index in [9.17, 15) is 0 Å². The SMILES string of the molecule is C[Si](C)(C)OO[Si](C)(C)C.C[Si](C)(C)OO[Si](c1ccccc1)(c1ccccc1)c1ccccc1. The Balaban J connectivity index is 0.000000367. The van der Waals surface area contributed by atoms with E-state index in [0.29, 0.717) is 0 Å². The van der Waals surface area contributed by atoms with Crippen LogP contribution >= 0.6 is 0 Å². The van der Waals surface area contributed by atoms with Crippen molar-refractivity contribution in [1.29, 1.82) is 0 Å². The number of benzene rings is 3. The maximum Gasteiger partial charge on any atom is 0.329 e. The molecule has 0 saturated heterocycles. The van der Waals surface area contributed by atoms with Gasteiger partial charge in [-0.2, -0.15) is 0 Å². The fourth-order valence-electron chi connectivity index (χ4n) is 3.10. The highest BCUT2D eigenvalue weighted by Gasteiger charge is 2.44. The molecule has 0 atom stereocenters. The molecular weight excluding hydrogens is 501 g/mol. The Morgan fingerprint density at radius 1 is 0.343 bits per heavy atom. The van der Waals surface area contributed by atoms with Crippen molar-refractivity contribution in [3.8, 4) is 0 Å². The van der Waals surface area contributed by atoms with Crippen LogP contribution in [0.5, 0.6) is 0 Å². The van der Waals surface area contributed by atoms with E-state index in [-0.39, 0.29) is 0 Å². The first-order valence-electron chi connectivity index (χ1n) is 12.1. The van der Waals surface area contributed by atoms with E-state index in [1.54, 1.807) is 0 Å². The van der Waals surface area contributed by atoms with Gasteiger partial charge in [0.05, 0.1) is 0 Å². The van der Waals surface area contributed by atoms with Gasteiger partial charge in [-0.1, -0.05) is 91.0 Å². The Hall–Kier alpha value is -1.63. The molecule has 35 heavy (non-hydrogen) atoms. The van der Waals surface area contributed by atoms with Gasteiger partial charge in [0, 0.05) is 0 Å². The zero-order valence-corrected chi connectivity index (χ0v) is 26.8. The summed E-state index contributed by atoms with van der Waals surface area (Å²) < 4.78 is 23.1. The molecule has 0 heterocycles. The molecular formula is C27H42O4Si4. The predicted octanol–water partition coefficient (Wildman–Crippen LogP) is 6.04. The quantitative estimate of drug-likeness (QED) is 0.143. The van der Waals surface area contributed by atoms with E-state index < -0.39 is 33.3 Å². The average Bonchev–Trinajstić information content (AvgIpc) is 2.79. The van der Waals surface area contributed by atoms with Gasteiger partial charge in [-0.15, -0.1) is 0 Å². The van der Waals surface area contributed by atoms with Gasteiger partial charge in [-0.05, 0) is 74.5 Å². The van der Waals surface area contributed by atoms with Crippen molar-refractivity contribution < 1.29 is 18.3 Å². The molecule has 190 valence electrons. The predicted molar refractivity (Wildman–Crippen MR) is 158 cm³/mol. The van der Waals surface area contributed by atoms with Crippen LogP contribution in [0, 0.1) is 0 Å². The molecule has 0 aliphatic heterocycles. The number of hydrogen-bond donors (Lipinski definition) is 0. The van der Waals surface area contributed by atoms with E-state index in [4.69, 9.17) is 18.3 Å². The second-order valence-electron chi connectivity index (χ2n) is 11.4. The van der Waals surface area contributed by atoms with Crippen molar-refractivity contribution in [3.63, 3.8) is 0 Å². The topological polar surface area (TPSA) is 36.9 Å². The van der Waals surface area contributed by atoms with Crippen LogP contribution in [0.15, 0.2) is 91.0 Å². The summed E-state index contributed by atoms with van der Waals surface area (Å²) in [4.78, 5) is 0. The third-order valence-electron chi connectivity index (χ3n) is 4.50. The lowest BCUT2D eigenvalue weighted by Gasteiger charge is -2.34. The molecule has 0 unspecified atom stereocenters. The number of rotatable bonds is 9. The highest BCUT2D eigenvalue weighted by atomic mass is 28.4. The maximum atomic E-state index is 6.45. The van der Waals surface area contributed by atoms with Gasteiger partial charge in [0.15, 0.2) is 0 Å².